The van der Waals surface area contributed by atoms with Crippen molar-refractivity contribution in [3.05, 3.63) is 154 Å². The molecule has 1 aliphatic rings. The zero-order chi connectivity index (χ0) is 34.4. The minimum atomic E-state index is -1.27. The zero-order valence-corrected chi connectivity index (χ0v) is 27.1. The number of nitrogens with one attached hydrogen (secondary N) is 1. The lowest BCUT2D eigenvalue weighted by Crippen LogP contribution is -2.44. The summed E-state index contributed by atoms with van der Waals surface area (Å²) in [5.74, 6) is 0.409. The lowest BCUT2D eigenvalue weighted by atomic mass is 9.79. The van der Waals surface area contributed by atoms with Gasteiger partial charge in [-0.15, -0.1) is 0 Å². The SMILES string of the molecule is COc1ccc(C(O[C@H]2CO[C@@H](n3ccc(NC(C)=O)nc3=O)[C@@H]2OC(=O)c2ccccc2)(c2ccccc2)c2ccc(OC)cc2)cc1. The Balaban J connectivity index is 1.49. The first-order chi connectivity index (χ1) is 23.8. The van der Waals surface area contributed by atoms with Crippen LogP contribution < -0.4 is 20.5 Å². The van der Waals surface area contributed by atoms with Crippen molar-refractivity contribution in [3.8, 4) is 11.5 Å². The fourth-order valence-electron chi connectivity index (χ4n) is 5.92. The van der Waals surface area contributed by atoms with E-state index in [0.717, 1.165) is 16.7 Å². The number of benzene rings is 4. The molecule has 1 N–H and O–H groups in total. The van der Waals surface area contributed by atoms with Gasteiger partial charge in [0, 0.05) is 13.1 Å². The first kappa shape index (κ1) is 33.1. The van der Waals surface area contributed by atoms with Crippen molar-refractivity contribution in [3.63, 3.8) is 0 Å². The summed E-state index contributed by atoms with van der Waals surface area (Å²) in [5, 5.41) is 2.51. The molecule has 4 aromatic carbocycles. The fraction of sp³-hybridized carbons (Fsp3) is 0.211. The van der Waals surface area contributed by atoms with Crippen LogP contribution in [-0.2, 0) is 24.6 Å². The third-order valence-corrected chi connectivity index (χ3v) is 8.24. The van der Waals surface area contributed by atoms with E-state index in [4.69, 9.17) is 23.7 Å². The van der Waals surface area contributed by atoms with Crippen molar-refractivity contribution in [2.45, 2.75) is 31.0 Å². The van der Waals surface area contributed by atoms with Gasteiger partial charge in [-0.2, -0.15) is 4.98 Å². The molecule has 1 fully saturated rings. The second-order valence-electron chi connectivity index (χ2n) is 11.3. The number of rotatable bonds is 11. The van der Waals surface area contributed by atoms with E-state index in [9.17, 15) is 14.4 Å². The molecule has 0 saturated carbocycles. The van der Waals surface area contributed by atoms with Crippen LogP contribution in [0.1, 0.15) is 40.2 Å². The Labute approximate surface area is 283 Å². The minimum absolute atomic E-state index is 0.0435. The number of anilines is 1. The van der Waals surface area contributed by atoms with E-state index in [1.807, 2.05) is 78.9 Å². The van der Waals surface area contributed by atoms with Crippen molar-refractivity contribution in [1.29, 1.82) is 0 Å². The van der Waals surface area contributed by atoms with E-state index in [-0.39, 0.29) is 18.3 Å². The summed E-state index contributed by atoms with van der Waals surface area (Å²) in [4.78, 5) is 42.5. The lowest BCUT2D eigenvalue weighted by Gasteiger charge is -2.39. The summed E-state index contributed by atoms with van der Waals surface area (Å²) in [5.41, 5.74) is 0.661. The molecular weight excluding hydrogens is 626 g/mol. The average molecular weight is 662 g/mol. The maximum atomic E-state index is 13.6. The van der Waals surface area contributed by atoms with Crippen LogP contribution in [0, 0.1) is 0 Å². The van der Waals surface area contributed by atoms with Crippen molar-refractivity contribution in [2.75, 3.05) is 26.1 Å². The molecule has 1 amide bonds. The van der Waals surface area contributed by atoms with Crippen LogP contribution in [0.2, 0.25) is 0 Å². The third-order valence-electron chi connectivity index (χ3n) is 8.24. The topological polar surface area (TPSA) is 127 Å². The molecule has 1 aromatic heterocycles. The normalized spacial score (nSPS) is 17.2. The second-order valence-corrected chi connectivity index (χ2v) is 11.3. The van der Waals surface area contributed by atoms with Crippen molar-refractivity contribution < 1.29 is 33.3 Å². The Morgan fingerprint density at radius 2 is 1.35 bits per heavy atom. The molecule has 11 heteroatoms. The van der Waals surface area contributed by atoms with Gasteiger partial charge in [-0.1, -0.05) is 72.8 Å². The summed E-state index contributed by atoms with van der Waals surface area (Å²) in [6.45, 7) is 1.27. The van der Waals surface area contributed by atoms with Gasteiger partial charge in [-0.3, -0.25) is 9.36 Å². The summed E-state index contributed by atoms with van der Waals surface area (Å²) in [7, 11) is 3.20. The summed E-state index contributed by atoms with van der Waals surface area (Å²) < 4.78 is 31.8. The van der Waals surface area contributed by atoms with Crippen LogP contribution in [0.15, 0.2) is 126 Å². The maximum absolute atomic E-state index is 13.6. The largest absolute Gasteiger partial charge is 0.497 e. The quantitative estimate of drug-likeness (QED) is 0.147. The van der Waals surface area contributed by atoms with Crippen LogP contribution >= 0.6 is 0 Å². The predicted octanol–water partition coefficient (Wildman–Crippen LogP) is 5.35. The highest BCUT2D eigenvalue weighted by Gasteiger charge is 2.49. The van der Waals surface area contributed by atoms with Gasteiger partial charge in [-0.05, 0) is 59.2 Å². The van der Waals surface area contributed by atoms with Gasteiger partial charge in [0.25, 0.3) is 0 Å². The summed E-state index contributed by atoms with van der Waals surface area (Å²) in [6, 6.07) is 34.8. The minimum Gasteiger partial charge on any atom is -0.497 e. The Kier molecular flexibility index (Phi) is 9.84. The number of carbonyl (C=O) groups is 2. The van der Waals surface area contributed by atoms with Gasteiger partial charge in [-0.25, -0.2) is 9.59 Å². The Hall–Kier alpha value is -5.78. The molecule has 6 rings (SSSR count). The monoisotopic (exact) mass is 661 g/mol. The smallest absolute Gasteiger partial charge is 0.351 e. The lowest BCUT2D eigenvalue weighted by molar-refractivity contribution is -0.114. The van der Waals surface area contributed by atoms with Crippen LogP contribution in [0.25, 0.3) is 0 Å². The maximum Gasteiger partial charge on any atom is 0.351 e. The van der Waals surface area contributed by atoms with Crippen molar-refractivity contribution in [1.82, 2.24) is 9.55 Å². The number of nitrogens with zero attached hydrogens (tertiary/aromatic N) is 2. The number of hydrogen-bond donors (Lipinski definition) is 1. The molecule has 250 valence electrons. The number of esters is 1. The highest BCUT2D eigenvalue weighted by atomic mass is 16.6. The van der Waals surface area contributed by atoms with Crippen molar-refractivity contribution >= 4 is 17.7 Å². The first-order valence-electron chi connectivity index (χ1n) is 15.6. The van der Waals surface area contributed by atoms with Crippen LogP contribution in [0.4, 0.5) is 5.82 Å². The molecule has 5 aromatic rings. The van der Waals surface area contributed by atoms with E-state index < -0.39 is 35.7 Å². The molecule has 1 saturated heterocycles. The highest BCUT2D eigenvalue weighted by Crippen LogP contribution is 2.45. The predicted molar refractivity (Wildman–Crippen MR) is 181 cm³/mol. The average Bonchev–Trinajstić information content (AvgIpc) is 3.52. The van der Waals surface area contributed by atoms with Crippen LogP contribution in [-0.4, -0.2) is 54.5 Å². The number of carbonyl (C=O) groups excluding carboxylic acids is 2. The van der Waals surface area contributed by atoms with Gasteiger partial charge < -0.3 is 29.0 Å². The number of methoxy groups -OCH3 is 2. The van der Waals surface area contributed by atoms with Gasteiger partial charge in [0.05, 0.1) is 26.4 Å². The Morgan fingerprint density at radius 1 is 0.796 bits per heavy atom. The standard InChI is InChI=1S/C38H35N3O8/c1-25(42)39-33-22-23-41(37(44)40-33)35-34(48-36(43)26-10-6-4-7-11-26)32(24-47-35)49-38(27-12-8-5-9-13-27,28-14-18-30(45-2)19-15-28)29-16-20-31(46-3)21-17-29/h4-23,32,34-35H,24H2,1-3H3,(H,39,40,42,44)/t32-,34+,35+/m0/s1. The Bertz CT molecular complexity index is 1900. The molecular formula is C38H35N3O8. The molecule has 2 heterocycles. The number of aromatic nitrogens is 2. The molecule has 3 atom stereocenters. The molecule has 49 heavy (non-hydrogen) atoms. The van der Waals surface area contributed by atoms with Gasteiger partial charge in [0.1, 0.15) is 29.0 Å². The Morgan fingerprint density at radius 3 is 1.88 bits per heavy atom. The van der Waals surface area contributed by atoms with E-state index in [0.29, 0.717) is 17.1 Å². The van der Waals surface area contributed by atoms with Crippen molar-refractivity contribution in [2.24, 2.45) is 0 Å². The first-order valence-corrected chi connectivity index (χ1v) is 15.6. The van der Waals surface area contributed by atoms with Gasteiger partial charge in [0.15, 0.2) is 12.3 Å². The van der Waals surface area contributed by atoms with Gasteiger partial charge >= 0.3 is 11.7 Å². The summed E-state index contributed by atoms with van der Waals surface area (Å²) >= 11 is 0. The van der Waals surface area contributed by atoms with E-state index in [1.54, 1.807) is 44.6 Å². The molecule has 0 bridgehead atoms. The van der Waals surface area contributed by atoms with E-state index in [1.165, 1.54) is 23.8 Å². The molecule has 0 unspecified atom stereocenters. The van der Waals surface area contributed by atoms with Crippen LogP contribution in [0.3, 0.4) is 0 Å². The van der Waals surface area contributed by atoms with Gasteiger partial charge in [0.2, 0.25) is 5.91 Å². The molecule has 0 radical (unpaired) electrons. The highest BCUT2D eigenvalue weighted by molar-refractivity contribution is 5.89. The number of amides is 1. The molecule has 1 aliphatic heterocycles. The van der Waals surface area contributed by atoms with E-state index in [2.05, 4.69) is 10.3 Å². The second kappa shape index (κ2) is 14.5. The molecule has 0 aliphatic carbocycles. The van der Waals surface area contributed by atoms with E-state index >= 15 is 0 Å². The zero-order valence-electron chi connectivity index (χ0n) is 27.1. The third kappa shape index (κ3) is 6.94. The molecule has 11 nitrogen and oxygen atoms in total. The number of hydrogen-bond acceptors (Lipinski definition) is 9. The molecule has 0 spiro atoms. The summed E-state index contributed by atoms with van der Waals surface area (Å²) in [6.07, 6.45) is -1.68. The fourth-order valence-corrected chi connectivity index (χ4v) is 5.92. The van der Waals surface area contributed by atoms with Crippen LogP contribution in [0.5, 0.6) is 11.5 Å². The number of ether oxygens (including phenoxy) is 5.